The molecule has 1 aromatic heterocycles. The van der Waals surface area contributed by atoms with E-state index in [0.29, 0.717) is 10.9 Å². The monoisotopic (exact) mass is 253 g/mol. The number of ether oxygens (including phenoxy) is 1. The van der Waals surface area contributed by atoms with Crippen molar-refractivity contribution in [3.05, 3.63) is 35.0 Å². The number of methoxy groups -OCH3 is 1. The van der Waals surface area contributed by atoms with Crippen LogP contribution in [0.4, 0.5) is 4.79 Å². The maximum absolute atomic E-state index is 11.4. The predicted molar refractivity (Wildman–Crippen MR) is 61.7 cm³/mol. The molecule has 1 aromatic carbocycles. The van der Waals surface area contributed by atoms with Gasteiger partial charge in [0.25, 0.3) is 0 Å². The van der Waals surface area contributed by atoms with Crippen molar-refractivity contribution in [3.63, 3.8) is 0 Å². The van der Waals surface area contributed by atoms with Crippen LogP contribution < -0.4 is 0 Å². The van der Waals surface area contributed by atoms with Crippen LogP contribution in [0.2, 0.25) is 5.02 Å². The minimum absolute atomic E-state index is 0.189. The molecule has 0 aliphatic heterocycles. The largest absolute Gasteiger partial charge is 0.465 e. The molecular weight excluding hydrogens is 246 g/mol. The van der Waals surface area contributed by atoms with E-state index in [1.54, 1.807) is 0 Å². The zero-order valence-corrected chi connectivity index (χ0v) is 9.56. The van der Waals surface area contributed by atoms with Gasteiger partial charge in [-0.15, -0.1) is 0 Å². The lowest BCUT2D eigenvalue weighted by molar-refractivity contribution is 0.0601. The van der Waals surface area contributed by atoms with Gasteiger partial charge in [0.05, 0.1) is 23.2 Å². The van der Waals surface area contributed by atoms with E-state index >= 15 is 0 Å². The summed E-state index contributed by atoms with van der Waals surface area (Å²) in [7, 11) is 1.26. The van der Waals surface area contributed by atoms with Crippen LogP contribution in [-0.2, 0) is 4.74 Å². The number of rotatable bonds is 1. The number of esters is 1. The maximum atomic E-state index is 11.4. The van der Waals surface area contributed by atoms with Gasteiger partial charge in [0.2, 0.25) is 0 Å². The Bertz CT molecular complexity index is 617. The van der Waals surface area contributed by atoms with Gasteiger partial charge in [-0.05, 0) is 18.2 Å². The van der Waals surface area contributed by atoms with Crippen LogP contribution in [0.15, 0.2) is 24.4 Å². The standard InChI is InChI=1S/C11H8ClNO4/c1-17-10(14)7-2-3-8-6(9(7)12)4-5-13(8)11(15)16/h2-5H,1H3,(H,15,16). The molecule has 1 N–H and O–H groups in total. The third-order valence-electron chi connectivity index (χ3n) is 2.42. The van der Waals surface area contributed by atoms with Crippen molar-refractivity contribution < 1.29 is 19.4 Å². The number of hydrogen-bond donors (Lipinski definition) is 1. The van der Waals surface area contributed by atoms with Crippen LogP contribution in [0, 0.1) is 0 Å². The molecule has 1 heterocycles. The van der Waals surface area contributed by atoms with E-state index in [1.807, 2.05) is 0 Å². The fraction of sp³-hybridized carbons (Fsp3) is 0.0909. The first kappa shape index (κ1) is 11.5. The van der Waals surface area contributed by atoms with Crippen molar-refractivity contribution >= 4 is 34.6 Å². The highest BCUT2D eigenvalue weighted by Crippen LogP contribution is 2.28. The summed E-state index contributed by atoms with van der Waals surface area (Å²) in [5.74, 6) is -0.556. The average Bonchev–Trinajstić information content (AvgIpc) is 2.73. The highest BCUT2D eigenvalue weighted by atomic mass is 35.5. The first-order valence-electron chi connectivity index (χ1n) is 4.67. The summed E-state index contributed by atoms with van der Waals surface area (Å²) in [5, 5.41) is 9.60. The Hall–Kier alpha value is -2.01. The number of aromatic nitrogens is 1. The Kier molecular flexibility index (Phi) is 2.77. The molecule has 0 saturated carbocycles. The Morgan fingerprint density at radius 1 is 1.35 bits per heavy atom. The second-order valence-corrected chi connectivity index (χ2v) is 3.70. The van der Waals surface area contributed by atoms with E-state index < -0.39 is 12.1 Å². The number of halogens is 1. The lowest BCUT2D eigenvalue weighted by Gasteiger charge is -2.04. The van der Waals surface area contributed by atoms with E-state index in [1.165, 1.54) is 31.5 Å². The number of benzene rings is 1. The first-order chi connectivity index (χ1) is 8.06. The summed E-state index contributed by atoms with van der Waals surface area (Å²) in [4.78, 5) is 22.3. The van der Waals surface area contributed by atoms with Crippen molar-refractivity contribution in [2.45, 2.75) is 0 Å². The molecule has 5 nitrogen and oxygen atoms in total. The molecule has 0 spiro atoms. The van der Waals surface area contributed by atoms with E-state index in [0.717, 1.165) is 4.57 Å². The highest BCUT2D eigenvalue weighted by Gasteiger charge is 2.16. The van der Waals surface area contributed by atoms with Crippen LogP contribution in [0.1, 0.15) is 10.4 Å². The molecule has 0 amide bonds. The quantitative estimate of drug-likeness (QED) is 0.793. The van der Waals surface area contributed by atoms with E-state index in [4.69, 9.17) is 16.7 Å². The van der Waals surface area contributed by atoms with Crippen LogP contribution >= 0.6 is 11.6 Å². The maximum Gasteiger partial charge on any atom is 0.416 e. The minimum atomic E-state index is -1.11. The van der Waals surface area contributed by atoms with Gasteiger partial charge in [0.1, 0.15) is 0 Å². The Labute approximate surface area is 101 Å². The molecule has 2 rings (SSSR count). The van der Waals surface area contributed by atoms with Gasteiger partial charge in [-0.3, -0.25) is 4.57 Å². The lowest BCUT2D eigenvalue weighted by Crippen LogP contribution is -2.06. The predicted octanol–water partition coefficient (Wildman–Crippen LogP) is 2.61. The third kappa shape index (κ3) is 1.74. The molecule has 0 aliphatic rings. The van der Waals surface area contributed by atoms with Crippen LogP contribution in [0.25, 0.3) is 10.9 Å². The van der Waals surface area contributed by atoms with Crippen LogP contribution in [0.3, 0.4) is 0 Å². The molecule has 0 atom stereocenters. The van der Waals surface area contributed by atoms with Crippen molar-refractivity contribution in [2.24, 2.45) is 0 Å². The summed E-state index contributed by atoms with van der Waals surface area (Å²) in [6.07, 6.45) is 0.266. The van der Waals surface area contributed by atoms with Gasteiger partial charge in [0.15, 0.2) is 0 Å². The van der Waals surface area contributed by atoms with E-state index in [2.05, 4.69) is 4.74 Å². The molecule has 0 unspecified atom stereocenters. The normalized spacial score (nSPS) is 10.5. The summed E-state index contributed by atoms with van der Waals surface area (Å²) in [5.41, 5.74) is 0.639. The van der Waals surface area contributed by atoms with Gasteiger partial charge in [0, 0.05) is 11.6 Å². The van der Waals surface area contributed by atoms with Crippen molar-refractivity contribution in [2.75, 3.05) is 7.11 Å². The molecule has 2 aromatic rings. The fourth-order valence-corrected chi connectivity index (χ4v) is 1.92. The molecule has 0 bridgehead atoms. The van der Waals surface area contributed by atoms with Crippen molar-refractivity contribution in [1.29, 1.82) is 0 Å². The summed E-state index contributed by atoms with van der Waals surface area (Å²) >= 11 is 6.03. The molecule has 17 heavy (non-hydrogen) atoms. The second-order valence-electron chi connectivity index (χ2n) is 3.32. The molecule has 88 valence electrons. The van der Waals surface area contributed by atoms with Crippen molar-refractivity contribution in [3.8, 4) is 0 Å². The molecular formula is C11H8ClNO4. The average molecular weight is 254 g/mol. The zero-order valence-electron chi connectivity index (χ0n) is 8.81. The van der Waals surface area contributed by atoms with Crippen LogP contribution in [-0.4, -0.2) is 28.8 Å². The summed E-state index contributed by atoms with van der Waals surface area (Å²) in [6.45, 7) is 0. The van der Waals surface area contributed by atoms with Gasteiger partial charge < -0.3 is 9.84 Å². The van der Waals surface area contributed by atoms with Crippen LogP contribution in [0.5, 0.6) is 0 Å². The van der Waals surface area contributed by atoms with E-state index in [9.17, 15) is 9.59 Å². The number of hydrogen-bond acceptors (Lipinski definition) is 3. The van der Waals surface area contributed by atoms with Gasteiger partial charge >= 0.3 is 12.1 Å². The smallest absolute Gasteiger partial charge is 0.416 e. The van der Waals surface area contributed by atoms with Gasteiger partial charge in [-0.1, -0.05) is 11.6 Å². The Morgan fingerprint density at radius 3 is 2.65 bits per heavy atom. The molecule has 0 radical (unpaired) electrons. The third-order valence-corrected chi connectivity index (χ3v) is 2.83. The zero-order chi connectivity index (χ0) is 12.6. The fourth-order valence-electron chi connectivity index (χ4n) is 1.62. The second kappa shape index (κ2) is 4.10. The number of nitrogens with zero attached hydrogens (tertiary/aromatic N) is 1. The number of carbonyl (C=O) groups excluding carboxylic acids is 1. The molecule has 0 fully saturated rings. The number of fused-ring (bicyclic) bond motifs is 1. The minimum Gasteiger partial charge on any atom is -0.465 e. The van der Waals surface area contributed by atoms with Gasteiger partial charge in [-0.2, -0.15) is 0 Å². The topological polar surface area (TPSA) is 68.5 Å². The molecule has 6 heteroatoms. The van der Waals surface area contributed by atoms with Crippen molar-refractivity contribution in [1.82, 2.24) is 4.57 Å². The Morgan fingerprint density at radius 2 is 2.06 bits per heavy atom. The Balaban J connectivity index is 2.70. The lowest BCUT2D eigenvalue weighted by atomic mass is 10.1. The molecule has 0 aliphatic carbocycles. The summed E-state index contributed by atoms with van der Waals surface area (Å²) in [6, 6.07) is 4.50. The number of carbonyl (C=O) groups is 2. The molecule has 0 saturated heterocycles. The van der Waals surface area contributed by atoms with E-state index in [-0.39, 0.29) is 10.6 Å². The SMILES string of the molecule is COC(=O)c1ccc2c(ccn2C(=O)O)c1Cl. The number of carboxylic acid groups (broad SMARTS) is 1. The summed E-state index contributed by atoms with van der Waals surface area (Å²) < 4.78 is 5.60. The first-order valence-corrected chi connectivity index (χ1v) is 5.05. The van der Waals surface area contributed by atoms with Gasteiger partial charge in [-0.25, -0.2) is 9.59 Å². The highest BCUT2D eigenvalue weighted by molar-refractivity contribution is 6.38.